The van der Waals surface area contributed by atoms with Crippen LogP contribution >= 0.6 is 0 Å². The minimum Gasteiger partial charge on any atom is -0.444 e. The molecule has 0 saturated carbocycles. The molecule has 0 spiro atoms. The van der Waals surface area contributed by atoms with Crippen molar-refractivity contribution in [2.75, 3.05) is 0 Å². The molecule has 1 unspecified atom stereocenters. The summed E-state index contributed by atoms with van der Waals surface area (Å²) in [6.07, 6.45) is -9.11. The SMILES string of the molecule is C.CC(C)(C)OC(=O)NC(O)C(F)(F)F. The second kappa shape index (κ2) is 5.20. The van der Waals surface area contributed by atoms with Gasteiger partial charge >= 0.3 is 12.3 Å². The summed E-state index contributed by atoms with van der Waals surface area (Å²) < 4.78 is 39.7. The normalized spacial score (nSPS) is 13.8. The average molecular weight is 231 g/mol. The van der Waals surface area contributed by atoms with Crippen LogP contribution in [0.4, 0.5) is 18.0 Å². The lowest BCUT2D eigenvalue weighted by Gasteiger charge is -2.22. The highest BCUT2D eigenvalue weighted by atomic mass is 19.4. The highest BCUT2D eigenvalue weighted by Gasteiger charge is 2.40. The predicted octanol–water partition coefficient (Wildman–Crippen LogP) is 2.03. The molecule has 1 amide bonds. The third-order valence-corrected chi connectivity index (χ3v) is 0.964. The molecule has 0 aromatic heterocycles. The Kier molecular flexibility index (Phi) is 5.70. The van der Waals surface area contributed by atoms with E-state index >= 15 is 0 Å². The number of alkyl carbamates (subject to hydrolysis) is 1. The van der Waals surface area contributed by atoms with Crippen molar-refractivity contribution in [2.24, 2.45) is 0 Å². The summed E-state index contributed by atoms with van der Waals surface area (Å²) in [6.45, 7) is 4.48. The molecule has 2 N–H and O–H groups in total. The van der Waals surface area contributed by atoms with Crippen LogP contribution in [0.3, 0.4) is 0 Å². The summed E-state index contributed by atoms with van der Waals surface area (Å²) in [5.74, 6) is 0. The van der Waals surface area contributed by atoms with Crippen molar-refractivity contribution in [1.29, 1.82) is 0 Å². The molecule has 0 aliphatic heterocycles. The van der Waals surface area contributed by atoms with Gasteiger partial charge in [-0.1, -0.05) is 7.43 Å². The number of amides is 1. The van der Waals surface area contributed by atoms with Gasteiger partial charge in [-0.25, -0.2) is 4.79 Å². The van der Waals surface area contributed by atoms with Crippen LogP contribution in [-0.4, -0.2) is 29.2 Å². The van der Waals surface area contributed by atoms with E-state index in [9.17, 15) is 18.0 Å². The fourth-order valence-electron chi connectivity index (χ4n) is 0.501. The lowest BCUT2D eigenvalue weighted by Crippen LogP contribution is -2.47. The highest BCUT2D eigenvalue weighted by molar-refractivity contribution is 5.67. The van der Waals surface area contributed by atoms with E-state index in [1.807, 2.05) is 0 Å². The summed E-state index contributed by atoms with van der Waals surface area (Å²) in [7, 11) is 0. The molecular formula is C8H16F3NO3. The van der Waals surface area contributed by atoms with Gasteiger partial charge < -0.3 is 9.84 Å². The van der Waals surface area contributed by atoms with Crippen LogP contribution in [0.2, 0.25) is 0 Å². The van der Waals surface area contributed by atoms with Gasteiger partial charge in [-0.05, 0) is 20.8 Å². The quantitative estimate of drug-likeness (QED) is 0.679. The lowest BCUT2D eigenvalue weighted by molar-refractivity contribution is -0.211. The first-order valence-corrected chi connectivity index (χ1v) is 3.76. The minimum absolute atomic E-state index is 0. The second-order valence-electron chi connectivity index (χ2n) is 3.59. The van der Waals surface area contributed by atoms with Gasteiger partial charge in [0.25, 0.3) is 0 Å². The van der Waals surface area contributed by atoms with Crippen molar-refractivity contribution < 1.29 is 27.8 Å². The molecule has 0 aromatic carbocycles. The first kappa shape index (κ1) is 16.4. The van der Waals surface area contributed by atoms with Gasteiger partial charge in [0.1, 0.15) is 5.60 Å². The molecule has 4 nitrogen and oxygen atoms in total. The monoisotopic (exact) mass is 231 g/mol. The lowest BCUT2D eigenvalue weighted by atomic mass is 10.2. The fourth-order valence-corrected chi connectivity index (χ4v) is 0.501. The fraction of sp³-hybridized carbons (Fsp3) is 0.875. The molecule has 0 aromatic rings. The zero-order valence-electron chi connectivity index (χ0n) is 7.97. The van der Waals surface area contributed by atoms with Crippen LogP contribution in [0, 0.1) is 0 Å². The van der Waals surface area contributed by atoms with E-state index in [1.54, 1.807) is 0 Å². The van der Waals surface area contributed by atoms with Crippen molar-refractivity contribution >= 4 is 6.09 Å². The number of rotatable bonds is 1. The van der Waals surface area contributed by atoms with Gasteiger partial charge in [-0.2, -0.15) is 13.2 Å². The van der Waals surface area contributed by atoms with Gasteiger partial charge in [0.2, 0.25) is 6.23 Å². The van der Waals surface area contributed by atoms with Gasteiger partial charge in [-0.3, -0.25) is 5.32 Å². The Balaban J connectivity index is 0. The number of carbonyl (C=O) groups excluding carboxylic acids is 1. The Morgan fingerprint density at radius 1 is 1.33 bits per heavy atom. The molecule has 0 aliphatic carbocycles. The largest absolute Gasteiger partial charge is 0.444 e. The number of aliphatic hydroxyl groups is 1. The van der Waals surface area contributed by atoms with Crippen molar-refractivity contribution in [3.05, 3.63) is 0 Å². The molecule has 0 heterocycles. The Morgan fingerprint density at radius 2 is 1.73 bits per heavy atom. The van der Waals surface area contributed by atoms with Gasteiger partial charge in [0, 0.05) is 0 Å². The van der Waals surface area contributed by atoms with E-state index in [4.69, 9.17) is 5.11 Å². The predicted molar refractivity (Wildman–Crippen MR) is 48.2 cm³/mol. The van der Waals surface area contributed by atoms with E-state index in [2.05, 4.69) is 4.74 Å². The Bertz CT molecular complexity index is 210. The van der Waals surface area contributed by atoms with E-state index in [-0.39, 0.29) is 7.43 Å². The number of ether oxygens (including phenoxy) is 1. The van der Waals surface area contributed by atoms with Crippen molar-refractivity contribution in [3.8, 4) is 0 Å². The zero-order chi connectivity index (χ0) is 11.6. The molecule has 0 aliphatic rings. The third kappa shape index (κ3) is 8.04. The second-order valence-corrected chi connectivity index (χ2v) is 3.59. The van der Waals surface area contributed by atoms with Crippen molar-refractivity contribution in [3.63, 3.8) is 0 Å². The van der Waals surface area contributed by atoms with E-state index in [0.29, 0.717) is 0 Å². The summed E-state index contributed by atoms with van der Waals surface area (Å²) in [5.41, 5.74) is -0.907. The molecule has 0 radical (unpaired) electrons. The summed E-state index contributed by atoms with van der Waals surface area (Å²) >= 11 is 0. The molecule has 0 rings (SSSR count). The topological polar surface area (TPSA) is 58.6 Å². The number of hydrogen-bond acceptors (Lipinski definition) is 3. The van der Waals surface area contributed by atoms with Crippen molar-refractivity contribution in [2.45, 2.75) is 46.2 Å². The Morgan fingerprint density at radius 3 is 2.00 bits per heavy atom. The maximum absolute atomic E-state index is 11.7. The molecule has 0 fully saturated rings. The molecule has 0 saturated heterocycles. The van der Waals surface area contributed by atoms with Crippen LogP contribution in [-0.2, 0) is 4.74 Å². The first-order valence-electron chi connectivity index (χ1n) is 3.76. The Hall–Kier alpha value is -0.980. The molecule has 92 valence electrons. The van der Waals surface area contributed by atoms with E-state index in [0.717, 1.165) is 0 Å². The summed E-state index contributed by atoms with van der Waals surface area (Å²) in [6, 6.07) is 0. The number of hydrogen-bond donors (Lipinski definition) is 2. The van der Waals surface area contributed by atoms with Gasteiger partial charge in [-0.15, -0.1) is 0 Å². The van der Waals surface area contributed by atoms with Crippen LogP contribution < -0.4 is 5.32 Å². The molecule has 0 bridgehead atoms. The van der Waals surface area contributed by atoms with Gasteiger partial charge in [0.05, 0.1) is 0 Å². The van der Waals surface area contributed by atoms with E-state index < -0.39 is 24.1 Å². The minimum atomic E-state index is -4.89. The maximum atomic E-state index is 11.7. The number of nitrogens with one attached hydrogen (secondary N) is 1. The van der Waals surface area contributed by atoms with Gasteiger partial charge in [0.15, 0.2) is 0 Å². The number of aliphatic hydroxyl groups excluding tert-OH is 1. The number of halogens is 3. The van der Waals surface area contributed by atoms with Crippen LogP contribution in [0.5, 0.6) is 0 Å². The number of carbonyl (C=O) groups is 1. The highest BCUT2D eigenvalue weighted by Crippen LogP contribution is 2.18. The molecular weight excluding hydrogens is 215 g/mol. The molecule has 1 atom stereocenters. The maximum Gasteiger partial charge on any atom is 0.433 e. The molecule has 15 heavy (non-hydrogen) atoms. The van der Waals surface area contributed by atoms with Crippen LogP contribution in [0.15, 0.2) is 0 Å². The summed E-state index contributed by atoms with van der Waals surface area (Å²) in [4.78, 5) is 10.7. The Labute approximate surface area is 86.4 Å². The summed E-state index contributed by atoms with van der Waals surface area (Å²) in [5, 5.41) is 9.66. The standard InChI is InChI=1S/C7H12F3NO3.CH4/c1-6(2,3)14-5(13)11-4(12)7(8,9)10;/h4,12H,1-3H3,(H,11,13);1H4. The first-order chi connectivity index (χ1) is 6.02. The van der Waals surface area contributed by atoms with Crippen molar-refractivity contribution in [1.82, 2.24) is 5.32 Å². The number of alkyl halides is 3. The smallest absolute Gasteiger partial charge is 0.433 e. The molecule has 7 heteroatoms. The van der Waals surface area contributed by atoms with E-state index in [1.165, 1.54) is 26.1 Å². The average Bonchev–Trinajstić information content (AvgIpc) is 1.79. The third-order valence-electron chi connectivity index (χ3n) is 0.964. The van der Waals surface area contributed by atoms with Crippen LogP contribution in [0.25, 0.3) is 0 Å². The van der Waals surface area contributed by atoms with Crippen LogP contribution in [0.1, 0.15) is 28.2 Å². The zero-order valence-corrected chi connectivity index (χ0v) is 7.97.